The Balaban J connectivity index is -0.000000130. The Bertz CT molecular complexity index is 275. The fourth-order valence-corrected chi connectivity index (χ4v) is 1.68. The molecule has 0 bridgehead atoms. The molecule has 0 aliphatic heterocycles. The maximum absolute atomic E-state index is 9.69. The SMILES string of the molecule is CCCCO[P+](=O)[O-].CCCCO[P+](=O)[O-].CCCCO[P+](=O)[O-].[Fe+3]. The zero-order valence-corrected chi connectivity index (χ0v) is 18.5. The molecule has 0 spiro atoms. The van der Waals surface area contributed by atoms with Crippen LogP contribution in [0.15, 0.2) is 0 Å². The van der Waals surface area contributed by atoms with E-state index in [4.69, 9.17) is 0 Å². The van der Waals surface area contributed by atoms with Crippen LogP contribution in [0.3, 0.4) is 0 Å². The van der Waals surface area contributed by atoms with Crippen LogP contribution < -0.4 is 14.7 Å². The van der Waals surface area contributed by atoms with Gasteiger partial charge in [0.2, 0.25) is 0 Å². The smallest absolute Gasteiger partial charge is 0.566 e. The largest absolute Gasteiger partial charge is 3.00 e. The predicted octanol–water partition coefficient (Wildman–Crippen LogP) is 2.46. The molecule has 3 atom stereocenters. The summed E-state index contributed by atoms with van der Waals surface area (Å²) in [4.78, 5) is 29.1. The summed E-state index contributed by atoms with van der Waals surface area (Å²) in [6, 6.07) is 0. The summed E-state index contributed by atoms with van der Waals surface area (Å²) in [6.07, 6.45) is 5.31. The van der Waals surface area contributed by atoms with E-state index in [-0.39, 0.29) is 17.1 Å². The maximum Gasteiger partial charge on any atom is 3.00 e. The van der Waals surface area contributed by atoms with E-state index in [1.165, 1.54) is 0 Å². The molecule has 0 aliphatic rings. The molecule has 0 rings (SSSR count). The molecule has 0 N–H and O–H groups in total. The third-order valence-corrected chi connectivity index (χ3v) is 3.26. The first-order chi connectivity index (χ1) is 11.3. The van der Waals surface area contributed by atoms with Crippen molar-refractivity contribution in [2.24, 2.45) is 0 Å². The minimum absolute atomic E-state index is 0. The number of rotatable bonds is 12. The molecule has 149 valence electrons. The van der Waals surface area contributed by atoms with Gasteiger partial charge in [-0.2, -0.15) is 0 Å². The van der Waals surface area contributed by atoms with E-state index in [0.29, 0.717) is 19.8 Å². The summed E-state index contributed by atoms with van der Waals surface area (Å²) in [5, 5.41) is 0. The number of hydrogen-bond acceptors (Lipinski definition) is 9. The third-order valence-electron chi connectivity index (χ3n) is 2.08. The van der Waals surface area contributed by atoms with Crippen LogP contribution in [0.2, 0.25) is 0 Å². The molecule has 0 aromatic carbocycles. The van der Waals surface area contributed by atoms with Gasteiger partial charge in [0.05, 0.1) is 0 Å². The Kier molecular flexibility index (Phi) is 39.0. The van der Waals surface area contributed by atoms with Gasteiger partial charge < -0.3 is 14.7 Å². The van der Waals surface area contributed by atoms with Crippen LogP contribution in [0.5, 0.6) is 0 Å². The topological polar surface area (TPSA) is 148 Å². The van der Waals surface area contributed by atoms with Crippen LogP contribution in [0, 0.1) is 0 Å². The van der Waals surface area contributed by atoms with E-state index in [9.17, 15) is 28.4 Å². The first kappa shape index (κ1) is 33.2. The molecule has 0 aromatic heterocycles. The first-order valence-electron chi connectivity index (χ1n) is 7.63. The van der Waals surface area contributed by atoms with Crippen molar-refractivity contribution in [2.45, 2.75) is 59.3 Å². The Morgan fingerprint density at radius 2 is 0.800 bits per heavy atom. The van der Waals surface area contributed by atoms with E-state index in [2.05, 4.69) is 13.6 Å². The molecule has 25 heavy (non-hydrogen) atoms. The second-order valence-electron chi connectivity index (χ2n) is 4.23. The van der Waals surface area contributed by atoms with Crippen molar-refractivity contribution in [2.75, 3.05) is 19.8 Å². The average molecular weight is 464 g/mol. The fourth-order valence-electron chi connectivity index (χ4n) is 0.850. The Hall–Kier alpha value is 0.579. The van der Waals surface area contributed by atoms with Crippen LogP contribution in [0.25, 0.3) is 0 Å². The van der Waals surface area contributed by atoms with E-state index in [1.807, 2.05) is 20.8 Å². The van der Waals surface area contributed by atoms with Crippen LogP contribution >= 0.6 is 24.8 Å². The first-order valence-corrected chi connectivity index (χ1v) is 10.9. The number of hydrogen-bond donors (Lipinski definition) is 0. The summed E-state index contributed by atoms with van der Waals surface area (Å²) in [5.41, 5.74) is 0. The van der Waals surface area contributed by atoms with Gasteiger partial charge in [0.15, 0.2) is 0 Å². The van der Waals surface area contributed by atoms with Crippen LogP contribution in [0.1, 0.15) is 59.3 Å². The maximum atomic E-state index is 9.69. The molecule has 9 nitrogen and oxygen atoms in total. The van der Waals surface area contributed by atoms with Crippen LogP contribution in [-0.2, 0) is 44.3 Å². The van der Waals surface area contributed by atoms with Gasteiger partial charge in [0, 0.05) is 0 Å². The van der Waals surface area contributed by atoms with E-state index < -0.39 is 24.8 Å². The molecule has 0 aliphatic carbocycles. The molecule has 0 aromatic rings. The summed E-state index contributed by atoms with van der Waals surface area (Å²) in [7, 11) is -7.84. The van der Waals surface area contributed by atoms with E-state index >= 15 is 0 Å². The van der Waals surface area contributed by atoms with Gasteiger partial charge in [-0.3, -0.25) is 0 Å². The third kappa shape index (κ3) is 51.6. The normalized spacial score (nSPS) is 11.0. The molecule has 0 saturated heterocycles. The average Bonchev–Trinajstić information content (AvgIpc) is 2.48. The quantitative estimate of drug-likeness (QED) is 0.241. The molecule has 0 saturated carbocycles. The predicted molar refractivity (Wildman–Crippen MR) is 85.4 cm³/mol. The van der Waals surface area contributed by atoms with Gasteiger partial charge in [-0.05, 0) is 33.0 Å². The Labute approximate surface area is 163 Å². The molecule has 0 amide bonds. The van der Waals surface area contributed by atoms with Gasteiger partial charge in [0.1, 0.15) is 19.8 Å². The minimum Gasteiger partial charge on any atom is -0.566 e. The Morgan fingerprint density at radius 1 is 0.600 bits per heavy atom. The zero-order chi connectivity index (χ0) is 19.2. The van der Waals surface area contributed by atoms with Crippen molar-refractivity contribution in [3.63, 3.8) is 0 Å². The Morgan fingerprint density at radius 3 is 0.920 bits per heavy atom. The summed E-state index contributed by atoms with van der Waals surface area (Å²) in [6.45, 7) is 6.91. The fraction of sp³-hybridized carbons (Fsp3) is 1.00. The van der Waals surface area contributed by atoms with Crippen LogP contribution in [0.4, 0.5) is 0 Å². The van der Waals surface area contributed by atoms with Gasteiger partial charge in [-0.25, -0.2) is 0 Å². The second-order valence-corrected chi connectivity index (χ2v) is 6.35. The number of unbranched alkanes of at least 4 members (excludes halogenated alkanes) is 3. The molecule has 3 unspecified atom stereocenters. The van der Waals surface area contributed by atoms with Crippen molar-refractivity contribution in [3.05, 3.63) is 0 Å². The van der Waals surface area contributed by atoms with Gasteiger partial charge in [-0.15, -0.1) is 13.6 Å². The van der Waals surface area contributed by atoms with E-state index in [0.717, 1.165) is 38.5 Å². The monoisotopic (exact) mass is 464 g/mol. The summed E-state index contributed by atoms with van der Waals surface area (Å²) >= 11 is 0. The van der Waals surface area contributed by atoms with Gasteiger partial charge in [0.25, 0.3) is 0 Å². The van der Waals surface area contributed by atoms with E-state index in [1.54, 1.807) is 0 Å². The summed E-state index contributed by atoms with van der Waals surface area (Å²) in [5.74, 6) is 0. The molecular formula is C12H27FeO9P3+3. The van der Waals surface area contributed by atoms with Crippen molar-refractivity contribution in [1.29, 1.82) is 0 Å². The van der Waals surface area contributed by atoms with Crippen LogP contribution in [-0.4, -0.2) is 19.8 Å². The molecule has 0 heterocycles. The van der Waals surface area contributed by atoms with Crippen molar-refractivity contribution >= 4 is 24.8 Å². The van der Waals surface area contributed by atoms with Crippen molar-refractivity contribution in [3.8, 4) is 0 Å². The van der Waals surface area contributed by atoms with Gasteiger partial charge >= 0.3 is 41.8 Å². The van der Waals surface area contributed by atoms with Crippen molar-refractivity contribution in [1.82, 2.24) is 0 Å². The molecule has 13 heteroatoms. The van der Waals surface area contributed by atoms with Crippen molar-refractivity contribution < 1.29 is 59.0 Å². The summed E-state index contributed by atoms with van der Waals surface area (Å²) < 4.78 is 41.8. The van der Waals surface area contributed by atoms with Gasteiger partial charge in [-0.1, -0.05) is 40.0 Å². The molecule has 0 fully saturated rings. The molecular weight excluding hydrogens is 437 g/mol. The minimum atomic E-state index is -2.61. The second kappa shape index (κ2) is 29.3. The zero-order valence-electron chi connectivity index (χ0n) is 14.7. The standard InChI is InChI=1S/3C4H9O3P.Fe/c3*1-2-3-4-7-8(5)6;/h3*2-4H2,1H3;/q;;;+3. The molecule has 1 radical (unpaired) electrons.